The first kappa shape index (κ1) is 13.2. The molecule has 1 heterocycles. The second kappa shape index (κ2) is 5.17. The maximum Gasteiger partial charge on any atom is 0.334 e. The Morgan fingerprint density at radius 2 is 2.16 bits per heavy atom. The van der Waals surface area contributed by atoms with Gasteiger partial charge in [-0.2, -0.15) is 5.26 Å². The standard InChI is InChI=1S/C14H11ClN2O2/c1-8-12(14(18)19)13(9(6-16)7-17-8)10-4-2-3-5-11(10)15/h2-5,7,13,17H,1H3,(H,18,19). The van der Waals surface area contributed by atoms with E-state index in [1.165, 1.54) is 6.20 Å². The molecule has 1 aromatic carbocycles. The number of nitriles is 1. The Hall–Kier alpha value is -2.25. The second-order valence-electron chi connectivity index (χ2n) is 4.15. The number of nitrogens with one attached hydrogen (secondary N) is 1. The molecule has 1 aliphatic rings. The topological polar surface area (TPSA) is 73.1 Å². The van der Waals surface area contributed by atoms with Crippen molar-refractivity contribution in [3.05, 3.63) is 57.9 Å². The lowest BCUT2D eigenvalue weighted by atomic mass is 9.82. The smallest absolute Gasteiger partial charge is 0.334 e. The van der Waals surface area contributed by atoms with Crippen LogP contribution < -0.4 is 5.32 Å². The van der Waals surface area contributed by atoms with E-state index in [9.17, 15) is 15.2 Å². The SMILES string of the molecule is CC1=C(C(=O)O)C(c2ccccc2Cl)C(C#N)=CN1. The highest BCUT2D eigenvalue weighted by molar-refractivity contribution is 6.31. The molecule has 2 N–H and O–H groups in total. The minimum atomic E-state index is -1.06. The lowest BCUT2D eigenvalue weighted by Crippen LogP contribution is -2.24. The molecule has 1 unspecified atom stereocenters. The van der Waals surface area contributed by atoms with Crippen LogP contribution in [0.5, 0.6) is 0 Å². The maximum absolute atomic E-state index is 11.4. The van der Waals surface area contributed by atoms with Gasteiger partial charge >= 0.3 is 5.97 Å². The molecule has 0 spiro atoms. The van der Waals surface area contributed by atoms with Crippen molar-refractivity contribution < 1.29 is 9.90 Å². The van der Waals surface area contributed by atoms with Crippen LogP contribution in [0.25, 0.3) is 0 Å². The zero-order chi connectivity index (χ0) is 14.0. The van der Waals surface area contributed by atoms with Crippen molar-refractivity contribution in [2.45, 2.75) is 12.8 Å². The molecule has 0 aromatic heterocycles. The molecule has 0 amide bonds. The third-order valence-electron chi connectivity index (χ3n) is 3.02. The van der Waals surface area contributed by atoms with Gasteiger partial charge in [0.05, 0.1) is 23.1 Å². The van der Waals surface area contributed by atoms with Crippen LogP contribution in [0, 0.1) is 11.3 Å². The van der Waals surface area contributed by atoms with Crippen LogP contribution in [0.3, 0.4) is 0 Å². The molecule has 19 heavy (non-hydrogen) atoms. The summed E-state index contributed by atoms with van der Waals surface area (Å²) in [6, 6.07) is 8.98. The van der Waals surface area contributed by atoms with Crippen molar-refractivity contribution in [2.75, 3.05) is 0 Å². The summed E-state index contributed by atoms with van der Waals surface area (Å²) in [5, 5.41) is 21.8. The predicted octanol–water partition coefficient (Wildman–Crippen LogP) is 2.79. The predicted molar refractivity (Wildman–Crippen MR) is 71.4 cm³/mol. The molecule has 2 rings (SSSR count). The van der Waals surface area contributed by atoms with E-state index in [-0.39, 0.29) is 5.57 Å². The lowest BCUT2D eigenvalue weighted by molar-refractivity contribution is -0.133. The maximum atomic E-state index is 11.4. The van der Waals surface area contributed by atoms with Gasteiger partial charge in [0, 0.05) is 16.9 Å². The summed E-state index contributed by atoms with van der Waals surface area (Å²) < 4.78 is 0. The quantitative estimate of drug-likeness (QED) is 0.870. The molecule has 5 heteroatoms. The Bertz CT molecular complexity index is 641. The highest BCUT2D eigenvalue weighted by Gasteiger charge is 2.32. The largest absolute Gasteiger partial charge is 0.478 e. The Morgan fingerprint density at radius 3 is 2.74 bits per heavy atom. The Balaban J connectivity index is 2.64. The molecular formula is C14H11ClN2O2. The summed E-state index contributed by atoms with van der Waals surface area (Å²) in [7, 11) is 0. The molecular weight excluding hydrogens is 264 g/mol. The highest BCUT2D eigenvalue weighted by Crippen LogP contribution is 2.38. The number of hydrogen-bond donors (Lipinski definition) is 2. The van der Waals surface area contributed by atoms with E-state index in [0.717, 1.165) is 0 Å². The fraction of sp³-hybridized carbons (Fsp3) is 0.143. The highest BCUT2D eigenvalue weighted by atomic mass is 35.5. The fourth-order valence-corrected chi connectivity index (χ4v) is 2.38. The first-order valence-electron chi connectivity index (χ1n) is 5.61. The van der Waals surface area contributed by atoms with E-state index in [0.29, 0.717) is 21.9 Å². The minimum absolute atomic E-state index is 0.146. The average molecular weight is 275 g/mol. The van der Waals surface area contributed by atoms with Gasteiger partial charge in [0.2, 0.25) is 0 Å². The number of nitrogens with zero attached hydrogens (tertiary/aromatic N) is 1. The summed E-state index contributed by atoms with van der Waals surface area (Å²) >= 11 is 6.13. The summed E-state index contributed by atoms with van der Waals surface area (Å²) in [6.45, 7) is 1.66. The van der Waals surface area contributed by atoms with Crippen LogP contribution in [0.4, 0.5) is 0 Å². The zero-order valence-electron chi connectivity index (χ0n) is 10.1. The molecule has 4 nitrogen and oxygen atoms in total. The number of benzene rings is 1. The molecule has 0 aliphatic carbocycles. The molecule has 0 saturated heterocycles. The fourth-order valence-electron chi connectivity index (χ4n) is 2.13. The number of carboxylic acid groups (broad SMARTS) is 1. The third kappa shape index (κ3) is 2.33. The summed E-state index contributed by atoms with van der Waals surface area (Å²) in [5.41, 5.74) is 1.61. The van der Waals surface area contributed by atoms with Gasteiger partial charge in [-0.25, -0.2) is 4.79 Å². The minimum Gasteiger partial charge on any atom is -0.478 e. The molecule has 0 saturated carbocycles. The number of rotatable bonds is 2. The monoisotopic (exact) mass is 274 g/mol. The average Bonchev–Trinajstić information content (AvgIpc) is 2.38. The van der Waals surface area contributed by atoms with Gasteiger partial charge < -0.3 is 10.4 Å². The van der Waals surface area contributed by atoms with Gasteiger partial charge in [0.1, 0.15) is 0 Å². The number of carboxylic acids is 1. The van der Waals surface area contributed by atoms with Crippen molar-refractivity contribution in [1.29, 1.82) is 5.26 Å². The molecule has 1 aromatic rings. The summed E-state index contributed by atoms with van der Waals surface area (Å²) in [6.07, 6.45) is 1.52. The van der Waals surface area contributed by atoms with Crippen LogP contribution in [-0.2, 0) is 4.79 Å². The van der Waals surface area contributed by atoms with E-state index >= 15 is 0 Å². The third-order valence-corrected chi connectivity index (χ3v) is 3.37. The number of carbonyl (C=O) groups is 1. The van der Waals surface area contributed by atoms with Crippen molar-refractivity contribution in [2.24, 2.45) is 0 Å². The van der Waals surface area contributed by atoms with E-state index in [4.69, 9.17) is 11.6 Å². The Kier molecular flexibility index (Phi) is 3.59. The summed E-state index contributed by atoms with van der Waals surface area (Å²) in [5.74, 6) is -1.70. The molecule has 1 atom stereocenters. The number of aliphatic carboxylic acids is 1. The number of dihydropyridines is 1. The van der Waals surface area contributed by atoms with E-state index in [1.807, 2.05) is 6.07 Å². The molecule has 1 aliphatic heterocycles. The van der Waals surface area contributed by atoms with Crippen molar-refractivity contribution in [1.82, 2.24) is 5.32 Å². The molecule has 0 bridgehead atoms. The van der Waals surface area contributed by atoms with Crippen molar-refractivity contribution in [3.63, 3.8) is 0 Å². The number of halogens is 1. The zero-order valence-corrected chi connectivity index (χ0v) is 10.9. The van der Waals surface area contributed by atoms with Gasteiger partial charge in [-0.1, -0.05) is 29.8 Å². The van der Waals surface area contributed by atoms with Crippen molar-refractivity contribution in [3.8, 4) is 6.07 Å². The number of hydrogen-bond acceptors (Lipinski definition) is 3. The van der Waals surface area contributed by atoms with Crippen LogP contribution in [0.1, 0.15) is 18.4 Å². The second-order valence-corrected chi connectivity index (χ2v) is 4.56. The molecule has 0 fully saturated rings. The lowest BCUT2D eigenvalue weighted by Gasteiger charge is -2.25. The van der Waals surface area contributed by atoms with Crippen molar-refractivity contribution >= 4 is 17.6 Å². The van der Waals surface area contributed by atoms with E-state index in [1.54, 1.807) is 31.2 Å². The molecule has 96 valence electrons. The van der Waals surface area contributed by atoms with Gasteiger partial charge in [-0.3, -0.25) is 0 Å². The number of allylic oxidation sites excluding steroid dienone is 2. The van der Waals surface area contributed by atoms with Crippen LogP contribution in [0.15, 0.2) is 47.3 Å². The van der Waals surface area contributed by atoms with Crippen LogP contribution in [-0.4, -0.2) is 11.1 Å². The normalized spacial score (nSPS) is 18.4. The first-order chi connectivity index (χ1) is 9.06. The van der Waals surface area contributed by atoms with Crippen LogP contribution >= 0.6 is 11.6 Å². The van der Waals surface area contributed by atoms with E-state index < -0.39 is 11.9 Å². The summed E-state index contributed by atoms with van der Waals surface area (Å²) in [4.78, 5) is 11.4. The van der Waals surface area contributed by atoms with Crippen LogP contribution in [0.2, 0.25) is 5.02 Å². The van der Waals surface area contributed by atoms with Gasteiger partial charge in [-0.15, -0.1) is 0 Å². The van der Waals surface area contributed by atoms with E-state index in [2.05, 4.69) is 5.32 Å². The van der Waals surface area contributed by atoms with Gasteiger partial charge in [0.15, 0.2) is 0 Å². The van der Waals surface area contributed by atoms with Gasteiger partial charge in [-0.05, 0) is 18.6 Å². The molecule has 0 radical (unpaired) electrons. The van der Waals surface area contributed by atoms with Gasteiger partial charge in [0.25, 0.3) is 0 Å². The Labute approximate surface area is 115 Å². The Morgan fingerprint density at radius 1 is 1.47 bits per heavy atom. The first-order valence-corrected chi connectivity index (χ1v) is 5.99.